The van der Waals surface area contributed by atoms with Crippen molar-refractivity contribution in [3.05, 3.63) is 53.1 Å². The van der Waals surface area contributed by atoms with Crippen molar-refractivity contribution < 1.29 is 14.3 Å². The smallest absolute Gasteiger partial charge is 0.229 e. The molecule has 2 amide bonds. The topological polar surface area (TPSA) is 58.6 Å². The van der Waals surface area contributed by atoms with Crippen molar-refractivity contribution in [2.45, 2.75) is 34.1 Å². The summed E-state index contributed by atoms with van der Waals surface area (Å²) in [4.78, 5) is 27.0. The predicted molar refractivity (Wildman–Crippen MR) is 107 cm³/mol. The van der Waals surface area contributed by atoms with E-state index in [4.69, 9.17) is 4.74 Å². The first kappa shape index (κ1) is 19.0. The summed E-state index contributed by atoms with van der Waals surface area (Å²) < 4.78 is 5.64. The van der Waals surface area contributed by atoms with E-state index in [0.29, 0.717) is 18.9 Å². The highest BCUT2D eigenvalue weighted by molar-refractivity contribution is 6.04. The van der Waals surface area contributed by atoms with E-state index in [1.165, 1.54) is 0 Å². The Labute approximate surface area is 160 Å². The van der Waals surface area contributed by atoms with Crippen molar-refractivity contribution in [2.24, 2.45) is 5.92 Å². The number of ether oxygens (including phenoxy) is 1. The largest absolute Gasteiger partial charge is 0.492 e. The number of benzene rings is 2. The van der Waals surface area contributed by atoms with Crippen molar-refractivity contribution in [1.29, 1.82) is 0 Å². The van der Waals surface area contributed by atoms with Crippen molar-refractivity contribution in [3.63, 3.8) is 0 Å². The average molecular weight is 366 g/mol. The van der Waals surface area contributed by atoms with Gasteiger partial charge in [-0.3, -0.25) is 9.59 Å². The summed E-state index contributed by atoms with van der Waals surface area (Å²) in [7, 11) is 0. The number of anilines is 2. The highest BCUT2D eigenvalue weighted by Gasteiger charge is 2.36. The SMILES string of the molecule is CCOc1ccccc1N1CC(C(=O)Nc2c(C)cc(C)cc2C)CC1=O. The number of aryl methyl sites for hydroxylation is 3. The fraction of sp³-hybridized carbons (Fsp3) is 0.364. The van der Waals surface area contributed by atoms with Gasteiger partial charge >= 0.3 is 0 Å². The standard InChI is InChI=1S/C22H26N2O3/c1-5-27-19-9-7-6-8-18(19)24-13-17(12-20(24)25)22(26)23-21-15(3)10-14(2)11-16(21)4/h6-11,17H,5,12-13H2,1-4H3,(H,23,26). The number of carbonyl (C=O) groups is 2. The molecule has 1 atom stereocenters. The lowest BCUT2D eigenvalue weighted by Crippen LogP contribution is -2.28. The highest BCUT2D eigenvalue weighted by atomic mass is 16.5. The normalized spacial score (nSPS) is 16.5. The van der Waals surface area contributed by atoms with Crippen LogP contribution in [0.5, 0.6) is 5.75 Å². The highest BCUT2D eigenvalue weighted by Crippen LogP contribution is 2.33. The minimum absolute atomic E-state index is 0.0559. The predicted octanol–water partition coefficient (Wildman–Crippen LogP) is 4.00. The molecule has 1 fully saturated rings. The first-order valence-corrected chi connectivity index (χ1v) is 9.31. The summed E-state index contributed by atoms with van der Waals surface area (Å²) >= 11 is 0. The average Bonchev–Trinajstić information content (AvgIpc) is 3.00. The third-order valence-electron chi connectivity index (χ3n) is 4.88. The van der Waals surface area contributed by atoms with Crippen LogP contribution >= 0.6 is 0 Å². The lowest BCUT2D eigenvalue weighted by molar-refractivity contribution is -0.122. The number of rotatable bonds is 5. The van der Waals surface area contributed by atoms with Crippen LogP contribution in [0.2, 0.25) is 0 Å². The zero-order valence-corrected chi connectivity index (χ0v) is 16.3. The van der Waals surface area contributed by atoms with Crippen LogP contribution in [0.4, 0.5) is 11.4 Å². The molecule has 3 rings (SSSR count). The van der Waals surface area contributed by atoms with Gasteiger partial charge in [-0.1, -0.05) is 29.8 Å². The second-order valence-electron chi connectivity index (χ2n) is 7.07. The zero-order chi connectivity index (χ0) is 19.6. The zero-order valence-electron chi connectivity index (χ0n) is 16.3. The van der Waals surface area contributed by atoms with E-state index in [9.17, 15) is 9.59 Å². The van der Waals surface area contributed by atoms with E-state index in [1.54, 1.807) is 4.90 Å². The Morgan fingerprint density at radius 3 is 2.52 bits per heavy atom. The van der Waals surface area contributed by atoms with E-state index in [-0.39, 0.29) is 24.2 Å². The van der Waals surface area contributed by atoms with E-state index in [0.717, 1.165) is 28.1 Å². The molecule has 1 heterocycles. The minimum atomic E-state index is -0.382. The second-order valence-corrected chi connectivity index (χ2v) is 7.07. The number of nitrogens with zero attached hydrogens (tertiary/aromatic N) is 1. The van der Waals surface area contributed by atoms with Crippen LogP contribution in [-0.4, -0.2) is 25.0 Å². The number of hydrogen-bond acceptors (Lipinski definition) is 3. The lowest BCUT2D eigenvalue weighted by Gasteiger charge is -2.20. The Bertz CT molecular complexity index is 853. The summed E-state index contributed by atoms with van der Waals surface area (Å²) in [6.45, 7) is 8.80. The molecule has 0 radical (unpaired) electrons. The first-order chi connectivity index (χ1) is 12.9. The van der Waals surface area contributed by atoms with Gasteiger partial charge in [0, 0.05) is 18.7 Å². The minimum Gasteiger partial charge on any atom is -0.492 e. The van der Waals surface area contributed by atoms with Crippen LogP contribution in [0.1, 0.15) is 30.0 Å². The third kappa shape index (κ3) is 3.97. The van der Waals surface area contributed by atoms with Gasteiger partial charge in [0.1, 0.15) is 5.75 Å². The molecule has 1 aliphatic rings. The third-order valence-corrected chi connectivity index (χ3v) is 4.88. The molecule has 0 aromatic heterocycles. The molecular weight excluding hydrogens is 340 g/mol. The van der Waals surface area contributed by atoms with Crippen molar-refractivity contribution in [3.8, 4) is 5.75 Å². The molecule has 0 bridgehead atoms. The van der Waals surface area contributed by atoms with Crippen LogP contribution in [0, 0.1) is 26.7 Å². The van der Waals surface area contributed by atoms with Crippen LogP contribution in [0.25, 0.3) is 0 Å². The molecule has 5 nitrogen and oxygen atoms in total. The van der Waals surface area contributed by atoms with Gasteiger partial charge in [0.15, 0.2) is 0 Å². The van der Waals surface area contributed by atoms with E-state index < -0.39 is 0 Å². The Hall–Kier alpha value is -2.82. The Balaban J connectivity index is 1.77. The number of para-hydroxylation sites is 2. The summed E-state index contributed by atoms with van der Waals surface area (Å²) in [6, 6.07) is 11.6. The summed E-state index contributed by atoms with van der Waals surface area (Å²) in [6.07, 6.45) is 0.205. The maximum absolute atomic E-state index is 12.8. The van der Waals surface area contributed by atoms with Gasteiger partial charge in [-0.15, -0.1) is 0 Å². The second kappa shape index (κ2) is 7.82. The molecular formula is C22H26N2O3. The fourth-order valence-electron chi connectivity index (χ4n) is 3.68. The van der Waals surface area contributed by atoms with Gasteiger partial charge in [-0.05, 0) is 51.0 Å². The molecule has 1 N–H and O–H groups in total. The number of hydrogen-bond donors (Lipinski definition) is 1. The molecule has 1 unspecified atom stereocenters. The molecule has 1 aliphatic heterocycles. The summed E-state index contributed by atoms with van der Waals surface area (Å²) in [5.41, 5.74) is 4.79. The molecule has 0 saturated carbocycles. The number of carbonyl (C=O) groups excluding carboxylic acids is 2. The molecule has 5 heteroatoms. The van der Waals surface area contributed by atoms with Gasteiger partial charge in [-0.25, -0.2) is 0 Å². The van der Waals surface area contributed by atoms with Crippen LogP contribution in [-0.2, 0) is 9.59 Å². The number of nitrogens with one attached hydrogen (secondary N) is 1. The molecule has 142 valence electrons. The monoisotopic (exact) mass is 366 g/mol. The van der Waals surface area contributed by atoms with Crippen molar-refractivity contribution in [2.75, 3.05) is 23.4 Å². The summed E-state index contributed by atoms with van der Waals surface area (Å²) in [5, 5.41) is 3.03. The molecule has 2 aromatic carbocycles. The Morgan fingerprint density at radius 1 is 1.19 bits per heavy atom. The van der Waals surface area contributed by atoms with Gasteiger partial charge < -0.3 is 15.0 Å². The molecule has 0 spiro atoms. The van der Waals surface area contributed by atoms with Gasteiger partial charge in [-0.2, -0.15) is 0 Å². The Kier molecular flexibility index (Phi) is 5.49. The summed E-state index contributed by atoms with van der Waals surface area (Å²) in [5.74, 6) is 0.112. The van der Waals surface area contributed by atoms with E-state index >= 15 is 0 Å². The molecule has 0 aliphatic carbocycles. The molecule has 1 saturated heterocycles. The maximum atomic E-state index is 12.8. The number of amides is 2. The van der Waals surface area contributed by atoms with Crippen molar-refractivity contribution in [1.82, 2.24) is 0 Å². The van der Waals surface area contributed by atoms with Crippen molar-refractivity contribution >= 4 is 23.2 Å². The van der Waals surface area contributed by atoms with Crippen LogP contribution in [0.3, 0.4) is 0 Å². The van der Waals surface area contributed by atoms with Crippen LogP contribution < -0.4 is 15.0 Å². The first-order valence-electron chi connectivity index (χ1n) is 9.31. The van der Waals surface area contributed by atoms with E-state index in [1.807, 2.05) is 64.1 Å². The quantitative estimate of drug-likeness (QED) is 0.870. The van der Waals surface area contributed by atoms with Gasteiger partial charge in [0.2, 0.25) is 11.8 Å². The Morgan fingerprint density at radius 2 is 1.85 bits per heavy atom. The van der Waals surface area contributed by atoms with Gasteiger partial charge in [0.05, 0.1) is 18.2 Å². The van der Waals surface area contributed by atoms with Crippen LogP contribution in [0.15, 0.2) is 36.4 Å². The maximum Gasteiger partial charge on any atom is 0.229 e. The lowest BCUT2D eigenvalue weighted by atomic mass is 10.0. The fourth-order valence-corrected chi connectivity index (χ4v) is 3.68. The molecule has 27 heavy (non-hydrogen) atoms. The van der Waals surface area contributed by atoms with Gasteiger partial charge in [0.25, 0.3) is 0 Å². The van der Waals surface area contributed by atoms with E-state index in [2.05, 4.69) is 5.32 Å². The molecule has 2 aromatic rings.